The summed E-state index contributed by atoms with van der Waals surface area (Å²) in [6.45, 7) is 1.14. The van der Waals surface area contributed by atoms with Crippen molar-refractivity contribution in [3.8, 4) is 0 Å². The first-order valence-corrected chi connectivity index (χ1v) is 10.0. The van der Waals surface area contributed by atoms with Crippen molar-refractivity contribution >= 4 is 28.5 Å². The number of fused-ring (bicyclic) bond motifs is 1. The number of ketones is 1. The molecule has 7 nitrogen and oxygen atoms in total. The molecule has 0 aliphatic heterocycles. The maximum absolute atomic E-state index is 12.6. The van der Waals surface area contributed by atoms with Crippen LogP contribution in [0.25, 0.3) is 11.0 Å². The number of carbonyl (C=O) groups is 2. The van der Waals surface area contributed by atoms with E-state index >= 15 is 0 Å². The molecule has 2 aromatic heterocycles. The quantitative estimate of drug-likeness (QED) is 0.686. The van der Waals surface area contributed by atoms with Crippen molar-refractivity contribution in [1.82, 2.24) is 9.97 Å². The van der Waals surface area contributed by atoms with Crippen LogP contribution in [-0.2, 0) is 9.53 Å². The second-order valence-electron chi connectivity index (χ2n) is 8.93. The van der Waals surface area contributed by atoms with Gasteiger partial charge in [-0.2, -0.15) is 0 Å². The molecule has 2 unspecified atom stereocenters. The van der Waals surface area contributed by atoms with Crippen molar-refractivity contribution in [2.75, 3.05) is 11.9 Å². The van der Waals surface area contributed by atoms with Crippen molar-refractivity contribution in [3.63, 3.8) is 0 Å². The summed E-state index contributed by atoms with van der Waals surface area (Å²) in [5.74, 6) is 0.674. The summed E-state index contributed by atoms with van der Waals surface area (Å²) in [5.41, 5.74) is 1.26. The minimum atomic E-state index is -0.546. The van der Waals surface area contributed by atoms with Crippen LogP contribution in [0.3, 0.4) is 0 Å². The lowest BCUT2D eigenvalue weighted by Crippen LogP contribution is -2.59. The van der Waals surface area contributed by atoms with Crippen LogP contribution in [0.2, 0.25) is 0 Å². The number of aromatic nitrogens is 2. The fourth-order valence-corrected chi connectivity index (χ4v) is 5.95. The fourth-order valence-electron chi connectivity index (χ4n) is 5.95. The first-order valence-electron chi connectivity index (χ1n) is 10.0. The van der Waals surface area contributed by atoms with Gasteiger partial charge in [0.15, 0.2) is 5.78 Å². The van der Waals surface area contributed by atoms with E-state index in [9.17, 15) is 14.7 Å². The monoisotopic (exact) mass is 383 g/mol. The first kappa shape index (κ1) is 17.7. The molecule has 4 aliphatic rings. The van der Waals surface area contributed by atoms with Crippen LogP contribution in [0.1, 0.15) is 49.4 Å². The summed E-state index contributed by atoms with van der Waals surface area (Å²) in [6.07, 6.45) is 8.14. The van der Waals surface area contributed by atoms with Gasteiger partial charge in [-0.15, -0.1) is 0 Å². The van der Waals surface area contributed by atoms with Gasteiger partial charge in [0.25, 0.3) is 0 Å². The molecule has 5 atom stereocenters. The first-order chi connectivity index (χ1) is 13.4. The lowest BCUT2D eigenvalue weighted by molar-refractivity contribution is -0.129. The lowest BCUT2D eigenvalue weighted by Gasteiger charge is -2.58. The summed E-state index contributed by atoms with van der Waals surface area (Å²) < 4.78 is 5.16. The standard InChI is InChI=1S/C21H25N3O4/c1-11(25)10-28-20(26)16-9-23-19-15(2-3-22-19)18(16)24-17-13-4-12-5-14(17)8-21(27,6-12)7-13/h2-3,9,12-14,17,27H,4-8,10H2,1H3,(H2,22,23,24)/t12?,13-,14+,17?,21-. The SMILES string of the molecule is CC(=O)COC(=O)c1cnc2[nH]ccc2c1NC1[C@@H]2CC3C[C@H]1C[C@@](O)(C3)C2. The van der Waals surface area contributed by atoms with Crippen molar-refractivity contribution in [1.29, 1.82) is 0 Å². The van der Waals surface area contributed by atoms with E-state index < -0.39 is 11.6 Å². The Morgan fingerprint density at radius 1 is 1.32 bits per heavy atom. The molecule has 4 bridgehead atoms. The van der Waals surface area contributed by atoms with E-state index in [0.717, 1.165) is 37.5 Å². The molecule has 0 radical (unpaired) electrons. The third-order valence-corrected chi connectivity index (χ3v) is 6.76. The van der Waals surface area contributed by atoms with Gasteiger partial charge < -0.3 is 20.1 Å². The maximum atomic E-state index is 12.6. The van der Waals surface area contributed by atoms with Gasteiger partial charge in [0, 0.05) is 23.8 Å². The van der Waals surface area contributed by atoms with Gasteiger partial charge in [-0.1, -0.05) is 0 Å². The van der Waals surface area contributed by atoms with Crippen LogP contribution >= 0.6 is 0 Å². The molecule has 148 valence electrons. The van der Waals surface area contributed by atoms with Gasteiger partial charge in [-0.3, -0.25) is 4.79 Å². The highest BCUT2D eigenvalue weighted by Gasteiger charge is 2.54. The summed E-state index contributed by atoms with van der Waals surface area (Å²) in [6, 6.07) is 2.12. The predicted molar refractivity (Wildman–Crippen MR) is 103 cm³/mol. The summed E-state index contributed by atoms with van der Waals surface area (Å²) in [5, 5.41) is 15.3. The van der Waals surface area contributed by atoms with Gasteiger partial charge in [-0.05, 0) is 62.8 Å². The lowest BCUT2D eigenvalue weighted by atomic mass is 9.52. The number of pyridine rings is 1. The number of hydrogen-bond acceptors (Lipinski definition) is 6. The van der Waals surface area contributed by atoms with E-state index in [1.807, 2.05) is 6.07 Å². The Morgan fingerprint density at radius 3 is 2.75 bits per heavy atom. The molecule has 7 heteroatoms. The fraction of sp³-hybridized carbons (Fsp3) is 0.571. The van der Waals surface area contributed by atoms with Gasteiger partial charge in [-0.25, -0.2) is 9.78 Å². The summed E-state index contributed by atoms with van der Waals surface area (Å²) >= 11 is 0. The Bertz CT molecular complexity index is 936. The Hall–Kier alpha value is -2.41. The molecule has 2 aromatic rings. The van der Waals surface area contributed by atoms with Crippen molar-refractivity contribution in [2.24, 2.45) is 17.8 Å². The number of rotatable bonds is 5. The van der Waals surface area contributed by atoms with Crippen LogP contribution in [0.4, 0.5) is 5.69 Å². The number of H-pyrrole nitrogens is 1. The molecule has 3 N–H and O–H groups in total. The van der Waals surface area contributed by atoms with Crippen LogP contribution < -0.4 is 5.32 Å². The average molecular weight is 383 g/mol. The van der Waals surface area contributed by atoms with Crippen LogP contribution in [0.5, 0.6) is 0 Å². The molecule has 4 fully saturated rings. The van der Waals surface area contributed by atoms with Gasteiger partial charge in [0.1, 0.15) is 17.8 Å². The molecular weight excluding hydrogens is 358 g/mol. The Balaban J connectivity index is 1.48. The number of anilines is 1. The third-order valence-electron chi connectivity index (χ3n) is 6.76. The topological polar surface area (TPSA) is 104 Å². The Kier molecular flexibility index (Phi) is 3.98. The van der Waals surface area contributed by atoms with Gasteiger partial charge in [0.05, 0.1) is 11.3 Å². The highest BCUT2D eigenvalue weighted by Crippen LogP contribution is 2.56. The second kappa shape index (κ2) is 6.30. The largest absolute Gasteiger partial charge is 0.454 e. The van der Waals surface area contributed by atoms with E-state index in [1.54, 1.807) is 6.20 Å². The predicted octanol–water partition coefficient (Wildman–Crippen LogP) is 2.66. The molecule has 28 heavy (non-hydrogen) atoms. The van der Waals surface area contributed by atoms with Crippen LogP contribution in [0, 0.1) is 17.8 Å². The molecule has 0 aromatic carbocycles. The number of nitrogens with zero attached hydrogens (tertiary/aromatic N) is 1. The summed E-state index contributed by atoms with van der Waals surface area (Å²) in [7, 11) is 0. The maximum Gasteiger partial charge on any atom is 0.342 e. The Morgan fingerprint density at radius 2 is 2.07 bits per heavy atom. The molecular formula is C21H25N3O4. The number of aromatic amines is 1. The zero-order chi connectivity index (χ0) is 19.5. The number of ether oxygens (including phenoxy) is 1. The highest BCUT2D eigenvalue weighted by molar-refractivity contribution is 6.04. The Labute approximate surface area is 162 Å². The zero-order valence-electron chi connectivity index (χ0n) is 15.9. The number of carbonyl (C=O) groups excluding carboxylic acids is 2. The van der Waals surface area contributed by atoms with E-state index in [4.69, 9.17) is 4.74 Å². The minimum absolute atomic E-state index is 0.201. The van der Waals surface area contributed by atoms with E-state index in [-0.39, 0.29) is 18.4 Å². The van der Waals surface area contributed by atoms with Crippen LogP contribution in [-0.4, -0.2) is 45.1 Å². The van der Waals surface area contributed by atoms with Crippen molar-refractivity contribution in [3.05, 3.63) is 24.0 Å². The smallest absolute Gasteiger partial charge is 0.342 e. The van der Waals surface area contributed by atoms with E-state index in [1.165, 1.54) is 13.1 Å². The molecule has 4 aliphatic carbocycles. The molecule has 0 saturated heterocycles. The number of esters is 1. The van der Waals surface area contributed by atoms with Crippen molar-refractivity contribution in [2.45, 2.75) is 50.7 Å². The number of nitrogens with one attached hydrogen (secondary N) is 2. The highest BCUT2D eigenvalue weighted by atomic mass is 16.5. The molecule has 6 rings (SSSR count). The molecule has 0 amide bonds. The van der Waals surface area contributed by atoms with Gasteiger partial charge in [0.2, 0.25) is 0 Å². The van der Waals surface area contributed by atoms with Gasteiger partial charge >= 0.3 is 5.97 Å². The van der Waals surface area contributed by atoms with E-state index in [2.05, 4.69) is 15.3 Å². The molecule has 0 spiro atoms. The van der Waals surface area contributed by atoms with Crippen molar-refractivity contribution < 1.29 is 19.4 Å². The third kappa shape index (κ3) is 2.89. The number of Topliss-reactive ketones (excluding diaryl/α,β-unsaturated/α-hetero) is 1. The second-order valence-corrected chi connectivity index (χ2v) is 8.93. The zero-order valence-corrected chi connectivity index (χ0v) is 15.9. The molecule has 4 saturated carbocycles. The molecule has 2 heterocycles. The number of hydrogen-bond donors (Lipinski definition) is 3. The summed E-state index contributed by atoms with van der Waals surface area (Å²) in [4.78, 5) is 31.3. The number of aliphatic hydroxyl groups is 1. The van der Waals surface area contributed by atoms with E-state index in [0.29, 0.717) is 34.7 Å². The average Bonchev–Trinajstić information content (AvgIpc) is 3.10. The minimum Gasteiger partial charge on any atom is -0.454 e. The van der Waals surface area contributed by atoms with Crippen LogP contribution in [0.15, 0.2) is 18.5 Å². The normalized spacial score (nSPS) is 33.2.